The maximum absolute atomic E-state index is 13.5. The fourth-order valence-corrected chi connectivity index (χ4v) is 2.29. The second-order valence-corrected chi connectivity index (χ2v) is 5.64. The minimum atomic E-state index is -0.401. The van der Waals surface area contributed by atoms with Gasteiger partial charge in [0.25, 0.3) is 5.56 Å². The van der Waals surface area contributed by atoms with Crippen LogP contribution in [-0.2, 0) is 0 Å². The lowest BCUT2D eigenvalue weighted by atomic mass is 10.1. The Kier molecular flexibility index (Phi) is 3.78. The number of aromatic amines is 1. The molecule has 21 heavy (non-hydrogen) atoms. The Morgan fingerprint density at radius 1 is 1.10 bits per heavy atom. The van der Waals surface area contributed by atoms with Gasteiger partial charge in [-0.25, -0.2) is 4.39 Å². The van der Waals surface area contributed by atoms with E-state index in [1.54, 1.807) is 6.07 Å². The van der Waals surface area contributed by atoms with Crippen LogP contribution in [0.15, 0.2) is 57.8 Å². The SMILES string of the molecule is O=c1cc(-c2cc(F)ccc2Nc2ccc(I)cc2)o[nH]1. The molecule has 0 spiro atoms. The van der Waals surface area contributed by atoms with Crippen molar-refractivity contribution in [3.8, 4) is 11.3 Å². The topological polar surface area (TPSA) is 58.0 Å². The number of rotatable bonds is 3. The first-order valence-corrected chi connectivity index (χ1v) is 7.21. The first-order valence-electron chi connectivity index (χ1n) is 6.13. The summed E-state index contributed by atoms with van der Waals surface area (Å²) in [5.74, 6) is -0.116. The lowest BCUT2D eigenvalue weighted by molar-refractivity contribution is 0.425. The summed E-state index contributed by atoms with van der Waals surface area (Å²) in [6.45, 7) is 0. The van der Waals surface area contributed by atoms with E-state index in [9.17, 15) is 9.18 Å². The molecule has 2 N–H and O–H groups in total. The minimum absolute atomic E-state index is 0.285. The van der Waals surface area contributed by atoms with Crippen LogP contribution in [0.2, 0.25) is 0 Å². The molecule has 3 aromatic rings. The molecule has 4 nitrogen and oxygen atoms in total. The van der Waals surface area contributed by atoms with Crippen molar-refractivity contribution in [3.05, 3.63) is 68.3 Å². The molecule has 0 aliphatic heterocycles. The van der Waals surface area contributed by atoms with E-state index < -0.39 is 5.82 Å². The van der Waals surface area contributed by atoms with Crippen LogP contribution < -0.4 is 10.9 Å². The number of hydrogen-bond acceptors (Lipinski definition) is 3. The smallest absolute Gasteiger partial charge is 0.280 e. The summed E-state index contributed by atoms with van der Waals surface area (Å²) in [7, 11) is 0. The highest BCUT2D eigenvalue weighted by Crippen LogP contribution is 2.30. The van der Waals surface area contributed by atoms with Crippen LogP contribution in [0.1, 0.15) is 0 Å². The third kappa shape index (κ3) is 3.15. The van der Waals surface area contributed by atoms with Gasteiger partial charge in [0, 0.05) is 20.5 Å². The van der Waals surface area contributed by atoms with Crippen molar-refractivity contribution < 1.29 is 8.91 Å². The molecule has 0 aliphatic carbocycles. The zero-order valence-corrected chi connectivity index (χ0v) is 12.8. The first kappa shape index (κ1) is 13.9. The van der Waals surface area contributed by atoms with Crippen LogP contribution in [0, 0.1) is 9.39 Å². The van der Waals surface area contributed by atoms with Gasteiger partial charge in [-0.1, -0.05) is 0 Å². The average molecular weight is 396 g/mol. The van der Waals surface area contributed by atoms with Crippen molar-refractivity contribution in [1.82, 2.24) is 5.16 Å². The zero-order valence-electron chi connectivity index (χ0n) is 10.7. The van der Waals surface area contributed by atoms with Crippen LogP contribution in [-0.4, -0.2) is 5.16 Å². The largest absolute Gasteiger partial charge is 0.378 e. The van der Waals surface area contributed by atoms with E-state index in [0.29, 0.717) is 11.3 Å². The molecule has 0 atom stereocenters. The van der Waals surface area contributed by atoms with Gasteiger partial charge >= 0.3 is 0 Å². The predicted molar refractivity (Wildman–Crippen MR) is 87.2 cm³/mol. The van der Waals surface area contributed by atoms with Crippen molar-refractivity contribution in [1.29, 1.82) is 0 Å². The van der Waals surface area contributed by atoms with Gasteiger partial charge in [-0.15, -0.1) is 0 Å². The van der Waals surface area contributed by atoms with Gasteiger partial charge in [-0.05, 0) is 65.1 Å². The summed E-state index contributed by atoms with van der Waals surface area (Å²) in [6.07, 6.45) is 0. The van der Waals surface area contributed by atoms with Gasteiger partial charge < -0.3 is 9.84 Å². The Hall–Kier alpha value is -2.09. The van der Waals surface area contributed by atoms with E-state index in [1.165, 1.54) is 18.2 Å². The number of anilines is 2. The van der Waals surface area contributed by atoms with Gasteiger partial charge in [0.15, 0.2) is 5.76 Å². The summed E-state index contributed by atoms with van der Waals surface area (Å²) in [5, 5.41) is 5.39. The quantitative estimate of drug-likeness (QED) is 0.655. The lowest BCUT2D eigenvalue weighted by Gasteiger charge is -2.10. The highest BCUT2D eigenvalue weighted by molar-refractivity contribution is 14.1. The minimum Gasteiger partial charge on any atom is -0.378 e. The van der Waals surface area contributed by atoms with Crippen molar-refractivity contribution in [2.24, 2.45) is 0 Å². The van der Waals surface area contributed by atoms with Gasteiger partial charge in [-0.2, -0.15) is 5.16 Å². The Morgan fingerprint density at radius 3 is 2.52 bits per heavy atom. The number of H-pyrrole nitrogens is 1. The standard InChI is InChI=1S/C15H10FIN2O2/c16-9-1-6-13(18-11-4-2-10(17)3-5-11)12(7-9)14-8-15(20)19-21-14/h1-8,18H,(H,19,20). The molecule has 1 aromatic heterocycles. The molecule has 0 amide bonds. The summed E-state index contributed by atoms with van der Waals surface area (Å²) < 4.78 is 19.6. The molecule has 0 radical (unpaired) electrons. The van der Waals surface area contributed by atoms with E-state index >= 15 is 0 Å². The van der Waals surface area contributed by atoms with E-state index in [4.69, 9.17) is 4.52 Å². The summed E-state index contributed by atoms with van der Waals surface area (Å²) in [6, 6.07) is 13.3. The fourth-order valence-electron chi connectivity index (χ4n) is 1.93. The molecule has 1 heterocycles. The van der Waals surface area contributed by atoms with E-state index in [1.807, 2.05) is 24.3 Å². The summed E-state index contributed by atoms with van der Waals surface area (Å²) >= 11 is 2.22. The highest BCUT2D eigenvalue weighted by Gasteiger charge is 2.11. The molecule has 2 aromatic carbocycles. The maximum atomic E-state index is 13.5. The van der Waals surface area contributed by atoms with Crippen LogP contribution in [0.5, 0.6) is 0 Å². The monoisotopic (exact) mass is 396 g/mol. The van der Waals surface area contributed by atoms with Gasteiger partial charge in [-0.3, -0.25) is 4.79 Å². The van der Waals surface area contributed by atoms with Crippen LogP contribution in [0.25, 0.3) is 11.3 Å². The van der Waals surface area contributed by atoms with Crippen molar-refractivity contribution >= 4 is 34.0 Å². The number of halogens is 2. The Balaban J connectivity index is 2.02. The van der Waals surface area contributed by atoms with E-state index in [-0.39, 0.29) is 11.3 Å². The Labute approximate surface area is 133 Å². The average Bonchev–Trinajstić information content (AvgIpc) is 2.90. The Morgan fingerprint density at radius 2 is 1.86 bits per heavy atom. The number of aromatic nitrogens is 1. The maximum Gasteiger partial charge on any atom is 0.280 e. The number of benzene rings is 2. The van der Waals surface area contributed by atoms with Gasteiger partial charge in [0.1, 0.15) is 5.82 Å². The molecule has 0 saturated carbocycles. The van der Waals surface area contributed by atoms with E-state index in [0.717, 1.165) is 9.26 Å². The van der Waals surface area contributed by atoms with Crippen molar-refractivity contribution in [2.45, 2.75) is 0 Å². The van der Waals surface area contributed by atoms with Gasteiger partial charge in [0.2, 0.25) is 0 Å². The van der Waals surface area contributed by atoms with Crippen LogP contribution in [0.4, 0.5) is 15.8 Å². The highest BCUT2D eigenvalue weighted by atomic mass is 127. The van der Waals surface area contributed by atoms with Crippen LogP contribution >= 0.6 is 22.6 Å². The first-order chi connectivity index (χ1) is 10.1. The molecule has 0 unspecified atom stereocenters. The Bertz CT molecular complexity index is 824. The third-order valence-electron chi connectivity index (χ3n) is 2.89. The van der Waals surface area contributed by atoms with Crippen molar-refractivity contribution in [3.63, 3.8) is 0 Å². The number of nitrogens with one attached hydrogen (secondary N) is 2. The molecule has 0 bridgehead atoms. The molecule has 0 saturated heterocycles. The normalized spacial score (nSPS) is 10.6. The molecule has 106 valence electrons. The summed E-state index contributed by atoms with van der Waals surface area (Å²) in [5.41, 5.74) is 1.63. The third-order valence-corrected chi connectivity index (χ3v) is 3.61. The molecular formula is C15H10FIN2O2. The van der Waals surface area contributed by atoms with Crippen molar-refractivity contribution in [2.75, 3.05) is 5.32 Å². The lowest BCUT2D eigenvalue weighted by Crippen LogP contribution is -1.95. The fraction of sp³-hybridized carbons (Fsp3) is 0. The second kappa shape index (κ2) is 5.72. The number of hydrogen-bond donors (Lipinski definition) is 2. The molecule has 0 aliphatic rings. The predicted octanol–water partition coefficient (Wildman–Crippen LogP) is 4.12. The zero-order chi connectivity index (χ0) is 14.8. The molecule has 0 fully saturated rings. The molecular weight excluding hydrogens is 386 g/mol. The van der Waals surface area contributed by atoms with E-state index in [2.05, 4.69) is 33.1 Å². The molecule has 6 heteroatoms. The van der Waals surface area contributed by atoms with Crippen LogP contribution in [0.3, 0.4) is 0 Å². The molecule has 3 rings (SSSR count). The second-order valence-electron chi connectivity index (χ2n) is 4.40. The van der Waals surface area contributed by atoms with Gasteiger partial charge in [0.05, 0.1) is 6.07 Å². The summed E-state index contributed by atoms with van der Waals surface area (Å²) in [4.78, 5) is 11.2.